The molecule has 3 aliphatic rings. The monoisotopic (exact) mass is 496 g/mol. The maximum Gasteiger partial charge on any atom is 0.254 e. The van der Waals surface area contributed by atoms with E-state index in [0.29, 0.717) is 12.4 Å². The number of benzene rings is 3. The van der Waals surface area contributed by atoms with Crippen LogP contribution in [0.1, 0.15) is 59.3 Å². The average molecular weight is 497 g/mol. The minimum Gasteiger partial charge on any atom is -0.508 e. The molecule has 5 heteroatoms. The molecule has 37 heavy (non-hydrogen) atoms. The molecule has 0 aromatic heterocycles. The fourth-order valence-corrected chi connectivity index (χ4v) is 6.29. The number of likely N-dealkylation sites (tertiary alicyclic amines) is 1. The number of rotatable bonds is 7. The van der Waals surface area contributed by atoms with Crippen LogP contribution in [-0.4, -0.2) is 52.6 Å². The maximum atomic E-state index is 13.9. The van der Waals surface area contributed by atoms with Crippen molar-refractivity contribution in [2.75, 3.05) is 26.2 Å². The molecule has 1 N–H and O–H groups in total. The number of fused-ring (bicyclic) bond motifs is 1. The number of carbonyl (C=O) groups excluding carboxylic acids is 1. The van der Waals surface area contributed by atoms with E-state index >= 15 is 0 Å². The SMILES string of the molecule is C[C@H]1CCN(CCOc2ccc(CC3c4ccc(O)cc4CC4(CC4)N3C(=O)c3ccccc3)cc2)C1. The zero-order valence-corrected chi connectivity index (χ0v) is 21.6. The summed E-state index contributed by atoms with van der Waals surface area (Å²) in [5.41, 5.74) is 4.05. The number of amides is 1. The van der Waals surface area contributed by atoms with Gasteiger partial charge in [-0.2, -0.15) is 0 Å². The third kappa shape index (κ3) is 4.97. The molecule has 0 bridgehead atoms. The Balaban J connectivity index is 1.22. The van der Waals surface area contributed by atoms with Gasteiger partial charge in [0.05, 0.1) is 6.04 Å². The molecule has 0 radical (unpaired) electrons. The van der Waals surface area contributed by atoms with Gasteiger partial charge in [-0.1, -0.05) is 43.3 Å². The van der Waals surface area contributed by atoms with Crippen molar-refractivity contribution in [3.05, 3.63) is 95.1 Å². The molecule has 3 aromatic carbocycles. The largest absolute Gasteiger partial charge is 0.508 e. The molecule has 1 amide bonds. The molecule has 2 fully saturated rings. The second kappa shape index (κ2) is 9.86. The summed E-state index contributed by atoms with van der Waals surface area (Å²) in [6.07, 6.45) is 4.81. The van der Waals surface area contributed by atoms with Crippen LogP contribution in [-0.2, 0) is 12.8 Å². The second-order valence-corrected chi connectivity index (χ2v) is 11.2. The Kier molecular flexibility index (Phi) is 6.41. The maximum absolute atomic E-state index is 13.9. The van der Waals surface area contributed by atoms with Gasteiger partial charge in [-0.05, 0) is 97.7 Å². The molecular weight excluding hydrogens is 460 g/mol. The van der Waals surface area contributed by atoms with Crippen LogP contribution in [0.4, 0.5) is 0 Å². The van der Waals surface area contributed by atoms with Gasteiger partial charge in [-0.25, -0.2) is 0 Å². The van der Waals surface area contributed by atoms with Gasteiger partial charge in [0, 0.05) is 24.2 Å². The molecule has 2 atom stereocenters. The van der Waals surface area contributed by atoms with Crippen LogP contribution in [0.5, 0.6) is 11.5 Å². The zero-order chi connectivity index (χ0) is 25.4. The first-order valence-corrected chi connectivity index (χ1v) is 13.7. The highest BCUT2D eigenvalue weighted by Gasteiger charge is 2.55. The van der Waals surface area contributed by atoms with Crippen molar-refractivity contribution < 1.29 is 14.6 Å². The smallest absolute Gasteiger partial charge is 0.254 e. The number of hydrogen-bond donors (Lipinski definition) is 1. The molecule has 6 rings (SSSR count). The molecule has 2 heterocycles. The summed E-state index contributed by atoms with van der Waals surface area (Å²) in [7, 11) is 0. The molecule has 1 spiro atoms. The third-order valence-corrected chi connectivity index (χ3v) is 8.43. The first-order valence-electron chi connectivity index (χ1n) is 13.7. The van der Waals surface area contributed by atoms with E-state index in [1.54, 1.807) is 6.07 Å². The summed E-state index contributed by atoms with van der Waals surface area (Å²) in [6.45, 7) is 6.32. The standard InChI is InChI=1S/C32H36N2O3/c1-23-13-16-33(22-23)17-18-37-28-10-7-24(8-11-28)19-30-29-12-9-27(35)20-26(29)21-32(14-15-32)34(30)31(36)25-5-3-2-4-6-25/h2-12,20,23,30,35H,13-19,21-22H2,1H3/t23-,30?/m0/s1. The lowest BCUT2D eigenvalue weighted by Crippen LogP contribution is -2.49. The van der Waals surface area contributed by atoms with E-state index in [2.05, 4.69) is 41.0 Å². The molecule has 2 aliphatic heterocycles. The molecule has 5 nitrogen and oxygen atoms in total. The summed E-state index contributed by atoms with van der Waals surface area (Å²) in [5.74, 6) is 2.07. The van der Waals surface area contributed by atoms with Gasteiger partial charge in [0.15, 0.2) is 0 Å². The molecule has 1 saturated heterocycles. The lowest BCUT2D eigenvalue weighted by molar-refractivity contribution is 0.0486. The fraction of sp³-hybridized carbons (Fsp3) is 0.406. The van der Waals surface area contributed by atoms with E-state index in [4.69, 9.17) is 4.74 Å². The number of phenolic OH excluding ortho intramolecular Hbond substituents is 1. The molecule has 192 valence electrons. The van der Waals surface area contributed by atoms with Crippen molar-refractivity contribution in [2.24, 2.45) is 5.92 Å². The van der Waals surface area contributed by atoms with Gasteiger partial charge >= 0.3 is 0 Å². The first kappa shape index (κ1) is 24.1. The predicted molar refractivity (Wildman–Crippen MR) is 145 cm³/mol. The summed E-state index contributed by atoms with van der Waals surface area (Å²) in [4.78, 5) is 18.5. The normalized spacial score (nSPS) is 22.1. The topological polar surface area (TPSA) is 53.0 Å². The van der Waals surface area contributed by atoms with Crippen molar-refractivity contribution in [3.8, 4) is 11.5 Å². The van der Waals surface area contributed by atoms with Crippen molar-refractivity contribution in [1.82, 2.24) is 9.80 Å². The van der Waals surface area contributed by atoms with Gasteiger partial charge in [-0.15, -0.1) is 0 Å². The van der Waals surface area contributed by atoms with Crippen molar-refractivity contribution in [2.45, 2.75) is 50.6 Å². The van der Waals surface area contributed by atoms with Gasteiger partial charge in [0.2, 0.25) is 0 Å². The van der Waals surface area contributed by atoms with Crippen LogP contribution in [0.2, 0.25) is 0 Å². The van der Waals surface area contributed by atoms with Gasteiger partial charge in [-0.3, -0.25) is 9.69 Å². The van der Waals surface area contributed by atoms with Crippen LogP contribution >= 0.6 is 0 Å². The van der Waals surface area contributed by atoms with Gasteiger partial charge in [0.1, 0.15) is 18.1 Å². The molecular formula is C32H36N2O3. The fourth-order valence-electron chi connectivity index (χ4n) is 6.29. The molecule has 1 unspecified atom stereocenters. The van der Waals surface area contributed by atoms with Crippen LogP contribution in [0.3, 0.4) is 0 Å². The van der Waals surface area contributed by atoms with Crippen LogP contribution < -0.4 is 4.74 Å². The second-order valence-electron chi connectivity index (χ2n) is 11.2. The van der Waals surface area contributed by atoms with Crippen molar-refractivity contribution >= 4 is 5.91 Å². The Bertz CT molecular complexity index is 1250. The summed E-state index contributed by atoms with van der Waals surface area (Å²) >= 11 is 0. The number of ether oxygens (including phenoxy) is 1. The number of carbonyl (C=O) groups is 1. The Morgan fingerprint density at radius 3 is 2.54 bits per heavy atom. The van der Waals surface area contributed by atoms with E-state index in [1.165, 1.54) is 25.1 Å². The lowest BCUT2D eigenvalue weighted by atomic mass is 9.83. The summed E-state index contributed by atoms with van der Waals surface area (Å²) in [6, 6.07) is 23.6. The molecule has 3 aromatic rings. The van der Waals surface area contributed by atoms with Gasteiger partial charge < -0.3 is 14.7 Å². The highest BCUT2D eigenvalue weighted by molar-refractivity contribution is 5.95. The number of phenols is 1. The highest BCUT2D eigenvalue weighted by atomic mass is 16.5. The zero-order valence-electron chi connectivity index (χ0n) is 21.6. The van der Waals surface area contributed by atoms with E-state index < -0.39 is 0 Å². The van der Waals surface area contributed by atoms with E-state index in [-0.39, 0.29) is 17.5 Å². The Labute approximate surface area is 219 Å². The minimum atomic E-state index is -0.158. The Morgan fingerprint density at radius 2 is 1.84 bits per heavy atom. The lowest BCUT2D eigenvalue weighted by Gasteiger charge is -2.44. The van der Waals surface area contributed by atoms with Crippen molar-refractivity contribution in [1.29, 1.82) is 0 Å². The summed E-state index contributed by atoms with van der Waals surface area (Å²) < 4.78 is 6.04. The third-order valence-electron chi connectivity index (χ3n) is 8.43. The van der Waals surface area contributed by atoms with Crippen LogP contribution in [0, 0.1) is 5.92 Å². The quantitative estimate of drug-likeness (QED) is 0.461. The van der Waals surface area contributed by atoms with Gasteiger partial charge in [0.25, 0.3) is 5.91 Å². The molecule has 1 aliphatic carbocycles. The van der Waals surface area contributed by atoms with E-state index in [9.17, 15) is 9.90 Å². The van der Waals surface area contributed by atoms with E-state index in [0.717, 1.165) is 60.6 Å². The average Bonchev–Trinajstić information content (AvgIpc) is 3.54. The predicted octanol–water partition coefficient (Wildman–Crippen LogP) is 5.63. The van der Waals surface area contributed by atoms with Crippen molar-refractivity contribution in [3.63, 3.8) is 0 Å². The number of nitrogens with zero attached hydrogens (tertiary/aromatic N) is 2. The first-order chi connectivity index (χ1) is 18.0. The number of aromatic hydroxyl groups is 1. The summed E-state index contributed by atoms with van der Waals surface area (Å²) in [5, 5.41) is 10.2. The Morgan fingerprint density at radius 1 is 1.05 bits per heavy atom. The van der Waals surface area contributed by atoms with Crippen LogP contribution in [0.25, 0.3) is 0 Å². The van der Waals surface area contributed by atoms with Crippen LogP contribution in [0.15, 0.2) is 72.8 Å². The minimum absolute atomic E-state index is 0.0801. The Hall–Kier alpha value is -3.31. The molecule has 1 saturated carbocycles. The number of hydrogen-bond acceptors (Lipinski definition) is 4. The van der Waals surface area contributed by atoms with E-state index in [1.807, 2.05) is 42.5 Å². The highest BCUT2D eigenvalue weighted by Crippen LogP contribution is 2.54.